The second-order valence-corrected chi connectivity index (χ2v) is 8.22. The minimum atomic E-state index is -1.29. The molecule has 0 aliphatic carbocycles. The van der Waals surface area contributed by atoms with E-state index in [0.717, 1.165) is 5.57 Å². The summed E-state index contributed by atoms with van der Waals surface area (Å²) in [6.45, 7) is 7.48. The van der Waals surface area contributed by atoms with E-state index in [1.807, 2.05) is 6.92 Å². The van der Waals surface area contributed by atoms with E-state index in [2.05, 4.69) is 6.58 Å². The van der Waals surface area contributed by atoms with Gasteiger partial charge in [-0.1, -0.05) is 12.2 Å². The van der Waals surface area contributed by atoms with Gasteiger partial charge in [0.05, 0.1) is 12.7 Å². The molecular weight excluding hydrogens is 364 g/mol. The highest BCUT2D eigenvalue weighted by atomic mass is 16.6. The Labute approximate surface area is 164 Å². The van der Waals surface area contributed by atoms with Crippen LogP contribution in [-0.4, -0.2) is 48.4 Å². The summed E-state index contributed by atoms with van der Waals surface area (Å²) in [6, 6.07) is 0. The van der Waals surface area contributed by atoms with Gasteiger partial charge in [-0.05, 0) is 38.7 Å². The molecule has 0 amide bonds. The average molecular weight is 390 g/mol. The van der Waals surface area contributed by atoms with Crippen LogP contribution in [0.5, 0.6) is 0 Å². The first-order valence-corrected chi connectivity index (χ1v) is 9.51. The zero-order valence-corrected chi connectivity index (χ0v) is 16.5. The van der Waals surface area contributed by atoms with Gasteiger partial charge in [0, 0.05) is 24.8 Å². The Morgan fingerprint density at radius 1 is 1.29 bits per heavy atom. The standard InChI is InChI=1S/C21H26O7/c1-11(2)12-5-6-13-7-14(27-19(13)24)9-21(3)10-16(23)18(28-21)17(15(22)8-12)20(25)26-4/h7,12,14,17-18H,1,5-6,8-10H2,2-4H3/t12-,14-,17+,18+,21-/m0/s1. The molecule has 3 rings (SSSR count). The molecule has 4 bridgehead atoms. The van der Waals surface area contributed by atoms with Crippen LogP contribution in [0.25, 0.3) is 0 Å². The van der Waals surface area contributed by atoms with Crippen molar-refractivity contribution in [3.05, 3.63) is 23.8 Å². The normalized spacial score (nSPS) is 36.0. The van der Waals surface area contributed by atoms with Crippen molar-refractivity contribution < 1.29 is 33.4 Å². The summed E-state index contributed by atoms with van der Waals surface area (Å²) < 4.78 is 16.2. The van der Waals surface area contributed by atoms with E-state index in [9.17, 15) is 19.2 Å². The molecule has 5 atom stereocenters. The molecule has 7 nitrogen and oxygen atoms in total. The largest absolute Gasteiger partial charge is 0.468 e. The molecule has 28 heavy (non-hydrogen) atoms. The number of fused-ring (bicyclic) bond motifs is 3. The topological polar surface area (TPSA) is 96.0 Å². The van der Waals surface area contributed by atoms with Crippen molar-refractivity contribution in [2.75, 3.05) is 7.11 Å². The Morgan fingerprint density at radius 2 is 2.00 bits per heavy atom. The van der Waals surface area contributed by atoms with E-state index in [-0.39, 0.29) is 36.9 Å². The molecule has 0 spiro atoms. The van der Waals surface area contributed by atoms with Crippen LogP contribution in [0.2, 0.25) is 0 Å². The summed E-state index contributed by atoms with van der Waals surface area (Å²) in [6.07, 6.45) is 1.46. The summed E-state index contributed by atoms with van der Waals surface area (Å²) in [7, 11) is 1.19. The first-order chi connectivity index (χ1) is 13.1. The molecule has 0 N–H and O–H groups in total. The van der Waals surface area contributed by atoms with Crippen molar-refractivity contribution in [2.24, 2.45) is 11.8 Å². The highest BCUT2D eigenvalue weighted by Crippen LogP contribution is 2.39. The van der Waals surface area contributed by atoms with Crippen LogP contribution in [-0.2, 0) is 33.4 Å². The van der Waals surface area contributed by atoms with E-state index >= 15 is 0 Å². The fraction of sp³-hybridized carbons (Fsp3) is 0.619. The monoisotopic (exact) mass is 390 g/mol. The molecule has 152 valence electrons. The van der Waals surface area contributed by atoms with Gasteiger partial charge >= 0.3 is 11.9 Å². The van der Waals surface area contributed by atoms with E-state index < -0.39 is 35.5 Å². The molecule has 1 fully saturated rings. The Bertz CT molecular complexity index is 765. The SMILES string of the molecule is C=C(C)[C@H]1CCC2=C[C@@H](C[C@@]3(C)CC(=O)[C@@H](O3)[C@H](C(=O)OC)C(=O)C1)OC2=O. The Hall–Kier alpha value is -2.28. The first-order valence-electron chi connectivity index (χ1n) is 9.51. The molecule has 0 aromatic heterocycles. The lowest BCUT2D eigenvalue weighted by atomic mass is 9.83. The van der Waals surface area contributed by atoms with E-state index in [4.69, 9.17) is 14.2 Å². The van der Waals surface area contributed by atoms with Gasteiger partial charge in [0.2, 0.25) is 0 Å². The predicted octanol–water partition coefficient (Wildman–Crippen LogP) is 2.08. The Balaban J connectivity index is 1.98. The van der Waals surface area contributed by atoms with E-state index in [1.54, 1.807) is 13.0 Å². The lowest BCUT2D eigenvalue weighted by Crippen LogP contribution is -2.41. The van der Waals surface area contributed by atoms with Crippen LogP contribution >= 0.6 is 0 Å². The maximum absolute atomic E-state index is 13.0. The summed E-state index contributed by atoms with van der Waals surface area (Å²) in [5.74, 6) is -3.37. The third-order valence-corrected chi connectivity index (χ3v) is 5.83. The quantitative estimate of drug-likeness (QED) is 0.405. The van der Waals surface area contributed by atoms with Crippen LogP contribution in [0.1, 0.15) is 46.0 Å². The van der Waals surface area contributed by atoms with Crippen LogP contribution in [0.15, 0.2) is 23.8 Å². The lowest BCUT2D eigenvalue weighted by molar-refractivity contribution is -0.161. The van der Waals surface area contributed by atoms with Crippen molar-refractivity contribution in [1.82, 2.24) is 0 Å². The fourth-order valence-corrected chi connectivity index (χ4v) is 4.28. The van der Waals surface area contributed by atoms with Gasteiger partial charge in [0.25, 0.3) is 0 Å². The number of esters is 2. The molecule has 3 aliphatic heterocycles. The molecule has 0 aromatic rings. The second kappa shape index (κ2) is 7.62. The van der Waals surface area contributed by atoms with Crippen LogP contribution in [0, 0.1) is 11.8 Å². The first kappa shape index (κ1) is 20.5. The number of carbonyl (C=O) groups excluding carboxylic acids is 4. The minimum absolute atomic E-state index is 0.0325. The summed E-state index contributed by atoms with van der Waals surface area (Å²) >= 11 is 0. The van der Waals surface area contributed by atoms with Crippen LogP contribution in [0.3, 0.4) is 0 Å². The Morgan fingerprint density at radius 3 is 2.64 bits per heavy atom. The van der Waals surface area contributed by atoms with E-state index in [0.29, 0.717) is 18.4 Å². The molecular formula is C21H26O7. The second-order valence-electron chi connectivity index (χ2n) is 8.22. The third-order valence-electron chi connectivity index (χ3n) is 5.83. The molecule has 3 aliphatic rings. The van der Waals surface area contributed by atoms with Crippen molar-refractivity contribution in [1.29, 1.82) is 0 Å². The predicted molar refractivity (Wildman–Crippen MR) is 98.2 cm³/mol. The molecule has 7 heteroatoms. The average Bonchev–Trinajstić information content (AvgIpc) is 3.09. The number of ether oxygens (including phenoxy) is 3. The smallest absolute Gasteiger partial charge is 0.334 e. The number of ketones is 2. The van der Waals surface area contributed by atoms with Gasteiger partial charge < -0.3 is 14.2 Å². The number of hydrogen-bond donors (Lipinski definition) is 0. The van der Waals surface area contributed by atoms with Crippen molar-refractivity contribution >= 4 is 23.5 Å². The molecule has 0 radical (unpaired) electrons. The van der Waals surface area contributed by atoms with Crippen molar-refractivity contribution in [3.63, 3.8) is 0 Å². The zero-order valence-electron chi connectivity index (χ0n) is 16.5. The van der Waals surface area contributed by atoms with Crippen LogP contribution in [0.4, 0.5) is 0 Å². The maximum Gasteiger partial charge on any atom is 0.334 e. The Kier molecular flexibility index (Phi) is 5.57. The third kappa shape index (κ3) is 3.94. The maximum atomic E-state index is 13.0. The number of rotatable bonds is 2. The van der Waals surface area contributed by atoms with Gasteiger partial charge in [0.15, 0.2) is 11.6 Å². The molecule has 1 saturated heterocycles. The molecule has 0 unspecified atom stereocenters. The fourth-order valence-electron chi connectivity index (χ4n) is 4.28. The molecule has 0 aromatic carbocycles. The highest BCUT2D eigenvalue weighted by Gasteiger charge is 2.52. The van der Waals surface area contributed by atoms with Gasteiger partial charge in [0.1, 0.15) is 18.1 Å². The summed E-state index contributed by atoms with van der Waals surface area (Å²) in [5.41, 5.74) is 0.420. The molecule has 0 saturated carbocycles. The lowest BCUT2D eigenvalue weighted by Gasteiger charge is -2.28. The van der Waals surface area contributed by atoms with E-state index in [1.165, 1.54) is 7.11 Å². The minimum Gasteiger partial charge on any atom is -0.468 e. The van der Waals surface area contributed by atoms with Gasteiger partial charge in [-0.2, -0.15) is 0 Å². The van der Waals surface area contributed by atoms with Gasteiger partial charge in [-0.3, -0.25) is 14.4 Å². The summed E-state index contributed by atoms with van der Waals surface area (Å²) in [5, 5.41) is 0. The zero-order chi connectivity index (χ0) is 20.6. The highest BCUT2D eigenvalue weighted by molar-refractivity contribution is 6.05. The van der Waals surface area contributed by atoms with Crippen LogP contribution < -0.4 is 0 Å². The number of carbonyl (C=O) groups is 4. The number of hydrogen-bond acceptors (Lipinski definition) is 7. The number of allylic oxidation sites excluding steroid dienone is 1. The van der Waals surface area contributed by atoms with Gasteiger partial charge in [-0.15, -0.1) is 0 Å². The van der Waals surface area contributed by atoms with Crippen molar-refractivity contribution in [2.45, 2.75) is 63.8 Å². The molecule has 3 heterocycles. The van der Waals surface area contributed by atoms with Gasteiger partial charge in [-0.25, -0.2) is 4.79 Å². The van der Waals surface area contributed by atoms with Crippen molar-refractivity contribution in [3.8, 4) is 0 Å². The summed E-state index contributed by atoms with van der Waals surface area (Å²) in [4.78, 5) is 50.2. The number of Topliss-reactive ketones (excluding diaryl/α,β-unsaturated/α-hetero) is 2. The number of methoxy groups -OCH3 is 1.